The summed E-state index contributed by atoms with van der Waals surface area (Å²) in [4.78, 5) is 11.2. The van der Waals surface area contributed by atoms with E-state index in [-0.39, 0.29) is 6.04 Å². The molecule has 0 bridgehead atoms. The third-order valence-corrected chi connectivity index (χ3v) is 4.60. The highest BCUT2D eigenvalue weighted by Gasteiger charge is 2.15. The molecule has 1 N–H and O–H groups in total. The van der Waals surface area contributed by atoms with E-state index in [1.54, 1.807) is 14.2 Å². The van der Waals surface area contributed by atoms with Gasteiger partial charge in [-0.1, -0.05) is 0 Å². The van der Waals surface area contributed by atoms with E-state index in [2.05, 4.69) is 27.1 Å². The Morgan fingerprint density at radius 1 is 1.12 bits per heavy atom. The zero-order chi connectivity index (χ0) is 17.6. The van der Waals surface area contributed by atoms with Gasteiger partial charge in [-0.05, 0) is 38.0 Å². The molecule has 0 saturated carbocycles. The molecule has 2 heterocycles. The number of nitrogens with zero attached hydrogens (tertiary/aromatic N) is 3. The van der Waals surface area contributed by atoms with Gasteiger partial charge in [-0.15, -0.1) is 0 Å². The standard InChI is InChI=1S/C19H26N4O2/c1-14(17-10-16(24-2)6-7-18(17)25-3)20-11-15-12-21-19(22-13-15)23-8-4-5-9-23/h6-7,10,12-14,20H,4-5,8-9,11H2,1-3H3. The van der Waals surface area contributed by atoms with Gasteiger partial charge in [-0.2, -0.15) is 0 Å². The second-order valence-electron chi connectivity index (χ2n) is 6.30. The van der Waals surface area contributed by atoms with E-state index < -0.39 is 0 Å². The molecular formula is C19H26N4O2. The van der Waals surface area contributed by atoms with E-state index >= 15 is 0 Å². The number of benzene rings is 1. The molecular weight excluding hydrogens is 316 g/mol. The van der Waals surface area contributed by atoms with Crippen LogP contribution in [-0.2, 0) is 6.54 Å². The highest BCUT2D eigenvalue weighted by atomic mass is 16.5. The normalized spacial score (nSPS) is 15.2. The van der Waals surface area contributed by atoms with Crippen LogP contribution >= 0.6 is 0 Å². The lowest BCUT2D eigenvalue weighted by molar-refractivity contribution is 0.391. The topological polar surface area (TPSA) is 59.5 Å². The number of hydrogen-bond acceptors (Lipinski definition) is 6. The van der Waals surface area contributed by atoms with Gasteiger partial charge in [0, 0.05) is 49.2 Å². The number of rotatable bonds is 7. The Labute approximate surface area is 149 Å². The molecule has 6 nitrogen and oxygen atoms in total. The molecule has 1 aromatic carbocycles. The van der Waals surface area contributed by atoms with Gasteiger partial charge in [0.25, 0.3) is 0 Å². The first-order chi connectivity index (χ1) is 12.2. The van der Waals surface area contributed by atoms with Gasteiger partial charge in [0.05, 0.1) is 14.2 Å². The Morgan fingerprint density at radius 2 is 1.84 bits per heavy atom. The van der Waals surface area contributed by atoms with E-state index in [0.29, 0.717) is 6.54 Å². The van der Waals surface area contributed by atoms with Gasteiger partial charge in [-0.3, -0.25) is 0 Å². The summed E-state index contributed by atoms with van der Waals surface area (Å²) in [5, 5.41) is 3.50. The van der Waals surface area contributed by atoms with Crippen molar-refractivity contribution in [3.05, 3.63) is 41.7 Å². The predicted octanol–water partition coefficient (Wildman–Crippen LogP) is 2.94. The second-order valence-corrected chi connectivity index (χ2v) is 6.30. The molecule has 1 aliphatic rings. The zero-order valence-corrected chi connectivity index (χ0v) is 15.2. The summed E-state index contributed by atoms with van der Waals surface area (Å²) in [6, 6.07) is 5.95. The monoisotopic (exact) mass is 342 g/mol. The summed E-state index contributed by atoms with van der Waals surface area (Å²) in [6.07, 6.45) is 6.27. The lowest BCUT2D eigenvalue weighted by Gasteiger charge is -2.19. The molecule has 2 aromatic rings. The number of aromatic nitrogens is 2. The van der Waals surface area contributed by atoms with Gasteiger partial charge < -0.3 is 19.7 Å². The molecule has 0 amide bonds. The maximum Gasteiger partial charge on any atom is 0.225 e. The Kier molecular flexibility index (Phi) is 5.71. The van der Waals surface area contributed by atoms with Crippen LogP contribution in [0.2, 0.25) is 0 Å². The predicted molar refractivity (Wildman–Crippen MR) is 98.3 cm³/mol. The summed E-state index contributed by atoms with van der Waals surface area (Å²) in [6.45, 7) is 4.92. The molecule has 1 fully saturated rings. The summed E-state index contributed by atoms with van der Waals surface area (Å²) >= 11 is 0. The molecule has 1 unspecified atom stereocenters. The third kappa shape index (κ3) is 4.20. The first kappa shape index (κ1) is 17.5. The average Bonchev–Trinajstić information content (AvgIpc) is 3.20. The fourth-order valence-corrected chi connectivity index (χ4v) is 3.08. The molecule has 1 aliphatic heterocycles. The van der Waals surface area contributed by atoms with E-state index in [4.69, 9.17) is 9.47 Å². The lowest BCUT2D eigenvalue weighted by atomic mass is 10.1. The van der Waals surface area contributed by atoms with Crippen molar-refractivity contribution >= 4 is 5.95 Å². The highest BCUT2D eigenvalue weighted by molar-refractivity contribution is 5.42. The zero-order valence-electron chi connectivity index (χ0n) is 15.2. The van der Waals surface area contributed by atoms with Crippen LogP contribution < -0.4 is 19.7 Å². The Morgan fingerprint density at radius 3 is 2.48 bits per heavy atom. The summed E-state index contributed by atoms with van der Waals surface area (Å²) in [7, 11) is 3.35. The minimum absolute atomic E-state index is 0.114. The molecule has 0 spiro atoms. The quantitative estimate of drug-likeness (QED) is 0.835. The van der Waals surface area contributed by atoms with Crippen molar-refractivity contribution in [3.63, 3.8) is 0 Å². The molecule has 3 rings (SSSR count). The fraction of sp³-hybridized carbons (Fsp3) is 0.474. The second kappa shape index (κ2) is 8.16. The molecule has 1 aromatic heterocycles. The Hall–Kier alpha value is -2.34. The van der Waals surface area contributed by atoms with Gasteiger partial charge in [0.1, 0.15) is 11.5 Å². The first-order valence-electron chi connectivity index (χ1n) is 8.72. The molecule has 0 radical (unpaired) electrons. The number of methoxy groups -OCH3 is 2. The minimum atomic E-state index is 0.114. The van der Waals surface area contributed by atoms with Crippen molar-refractivity contribution in [3.8, 4) is 11.5 Å². The van der Waals surface area contributed by atoms with Crippen molar-refractivity contribution in [1.29, 1.82) is 0 Å². The summed E-state index contributed by atoms with van der Waals surface area (Å²) in [5.74, 6) is 2.51. The van der Waals surface area contributed by atoms with E-state index in [1.807, 2.05) is 30.6 Å². The van der Waals surface area contributed by atoms with Crippen LogP contribution in [0, 0.1) is 0 Å². The number of anilines is 1. The van der Waals surface area contributed by atoms with Crippen molar-refractivity contribution in [2.24, 2.45) is 0 Å². The minimum Gasteiger partial charge on any atom is -0.497 e. The summed E-state index contributed by atoms with van der Waals surface area (Å²) < 4.78 is 10.8. The van der Waals surface area contributed by atoms with Crippen molar-refractivity contribution in [2.45, 2.75) is 32.4 Å². The van der Waals surface area contributed by atoms with E-state index in [9.17, 15) is 0 Å². The van der Waals surface area contributed by atoms with Crippen LogP contribution in [0.4, 0.5) is 5.95 Å². The van der Waals surface area contributed by atoms with Gasteiger partial charge in [0.15, 0.2) is 0 Å². The van der Waals surface area contributed by atoms with Crippen LogP contribution in [0.25, 0.3) is 0 Å². The number of hydrogen-bond donors (Lipinski definition) is 1. The Bertz CT molecular complexity index is 684. The molecule has 6 heteroatoms. The van der Waals surface area contributed by atoms with Crippen LogP contribution in [0.5, 0.6) is 11.5 Å². The fourth-order valence-electron chi connectivity index (χ4n) is 3.08. The Balaban J connectivity index is 1.63. The third-order valence-electron chi connectivity index (χ3n) is 4.60. The lowest BCUT2D eigenvalue weighted by Crippen LogP contribution is -2.21. The average molecular weight is 342 g/mol. The van der Waals surface area contributed by atoms with Crippen LogP contribution in [0.1, 0.15) is 36.9 Å². The van der Waals surface area contributed by atoms with Crippen LogP contribution in [0.15, 0.2) is 30.6 Å². The summed E-state index contributed by atoms with van der Waals surface area (Å²) in [5.41, 5.74) is 2.13. The SMILES string of the molecule is COc1ccc(OC)c(C(C)NCc2cnc(N3CCCC3)nc2)c1. The first-order valence-corrected chi connectivity index (χ1v) is 8.72. The number of nitrogens with one attached hydrogen (secondary N) is 1. The smallest absolute Gasteiger partial charge is 0.225 e. The van der Waals surface area contributed by atoms with Crippen LogP contribution in [-0.4, -0.2) is 37.3 Å². The highest BCUT2D eigenvalue weighted by Crippen LogP contribution is 2.29. The van der Waals surface area contributed by atoms with Crippen LogP contribution in [0.3, 0.4) is 0 Å². The molecule has 0 aliphatic carbocycles. The molecule has 25 heavy (non-hydrogen) atoms. The molecule has 134 valence electrons. The van der Waals surface area contributed by atoms with E-state index in [0.717, 1.165) is 41.7 Å². The maximum absolute atomic E-state index is 5.46. The van der Waals surface area contributed by atoms with Crippen molar-refractivity contribution in [2.75, 3.05) is 32.2 Å². The van der Waals surface area contributed by atoms with Crippen molar-refractivity contribution in [1.82, 2.24) is 15.3 Å². The van der Waals surface area contributed by atoms with E-state index in [1.165, 1.54) is 12.8 Å². The maximum atomic E-state index is 5.46. The number of ether oxygens (including phenoxy) is 2. The molecule has 1 atom stereocenters. The molecule has 1 saturated heterocycles. The van der Waals surface area contributed by atoms with Gasteiger partial charge >= 0.3 is 0 Å². The largest absolute Gasteiger partial charge is 0.497 e. The van der Waals surface area contributed by atoms with Gasteiger partial charge in [-0.25, -0.2) is 9.97 Å². The van der Waals surface area contributed by atoms with Crippen molar-refractivity contribution < 1.29 is 9.47 Å². The van der Waals surface area contributed by atoms with Gasteiger partial charge in [0.2, 0.25) is 5.95 Å².